The fraction of sp³-hybridized carbons (Fsp3) is 0.467. The van der Waals surface area contributed by atoms with E-state index in [1.807, 2.05) is 24.3 Å². The predicted octanol–water partition coefficient (Wildman–Crippen LogP) is 2.39. The standard InChI is InChI=1S/C15H18ClN3O2/c16-12-4-1-3-11(9-12)15-17-14(21-18-15)6-8-19-7-2-5-13(20)10-19/h1,3-4,9,13,20H,2,5-8,10H2. The van der Waals surface area contributed by atoms with Crippen LogP contribution in [0.25, 0.3) is 11.4 Å². The number of halogens is 1. The number of piperidine rings is 1. The lowest BCUT2D eigenvalue weighted by Crippen LogP contribution is -2.39. The molecule has 0 saturated carbocycles. The molecule has 5 nitrogen and oxygen atoms in total. The van der Waals surface area contributed by atoms with Crippen LogP contribution in [0.3, 0.4) is 0 Å². The Labute approximate surface area is 128 Å². The second-order valence-electron chi connectivity index (χ2n) is 5.37. The molecule has 1 aliphatic rings. The van der Waals surface area contributed by atoms with E-state index < -0.39 is 0 Å². The van der Waals surface area contributed by atoms with Crippen molar-refractivity contribution in [1.82, 2.24) is 15.0 Å². The van der Waals surface area contributed by atoms with Crippen molar-refractivity contribution in [2.75, 3.05) is 19.6 Å². The fourth-order valence-electron chi connectivity index (χ4n) is 2.59. The van der Waals surface area contributed by atoms with Gasteiger partial charge in [0.2, 0.25) is 11.7 Å². The molecule has 1 saturated heterocycles. The van der Waals surface area contributed by atoms with Crippen molar-refractivity contribution in [2.24, 2.45) is 0 Å². The molecule has 1 aliphatic heterocycles. The Kier molecular flexibility index (Phi) is 4.53. The molecule has 1 fully saturated rings. The highest BCUT2D eigenvalue weighted by atomic mass is 35.5. The molecule has 0 radical (unpaired) electrons. The van der Waals surface area contributed by atoms with Crippen LogP contribution in [0.1, 0.15) is 18.7 Å². The van der Waals surface area contributed by atoms with Crippen molar-refractivity contribution in [1.29, 1.82) is 0 Å². The minimum absolute atomic E-state index is 0.205. The average Bonchev–Trinajstić information content (AvgIpc) is 2.94. The first-order valence-corrected chi connectivity index (χ1v) is 7.57. The highest BCUT2D eigenvalue weighted by Gasteiger charge is 2.18. The number of benzene rings is 1. The van der Waals surface area contributed by atoms with Crippen molar-refractivity contribution in [3.8, 4) is 11.4 Å². The van der Waals surface area contributed by atoms with Gasteiger partial charge in [-0.25, -0.2) is 0 Å². The van der Waals surface area contributed by atoms with E-state index in [4.69, 9.17) is 16.1 Å². The summed E-state index contributed by atoms with van der Waals surface area (Å²) >= 11 is 5.96. The topological polar surface area (TPSA) is 62.4 Å². The summed E-state index contributed by atoms with van der Waals surface area (Å²) in [7, 11) is 0. The quantitative estimate of drug-likeness (QED) is 0.939. The van der Waals surface area contributed by atoms with Crippen LogP contribution in [0.4, 0.5) is 0 Å². The Morgan fingerprint density at radius 2 is 2.33 bits per heavy atom. The van der Waals surface area contributed by atoms with Crippen molar-refractivity contribution >= 4 is 11.6 Å². The van der Waals surface area contributed by atoms with Crippen molar-refractivity contribution < 1.29 is 9.63 Å². The molecular weight excluding hydrogens is 290 g/mol. The number of aliphatic hydroxyl groups is 1. The summed E-state index contributed by atoms with van der Waals surface area (Å²) in [5, 5.41) is 14.3. The molecule has 112 valence electrons. The molecule has 0 bridgehead atoms. The van der Waals surface area contributed by atoms with Crippen LogP contribution < -0.4 is 0 Å². The van der Waals surface area contributed by atoms with Gasteiger partial charge in [-0.2, -0.15) is 4.98 Å². The third-order valence-corrected chi connectivity index (χ3v) is 3.91. The van der Waals surface area contributed by atoms with Gasteiger partial charge in [0.05, 0.1) is 6.10 Å². The molecule has 0 amide bonds. The first kappa shape index (κ1) is 14.5. The molecule has 1 unspecified atom stereocenters. The first-order chi connectivity index (χ1) is 10.2. The van der Waals surface area contributed by atoms with Crippen LogP contribution >= 0.6 is 11.6 Å². The van der Waals surface area contributed by atoms with E-state index in [2.05, 4.69) is 15.0 Å². The van der Waals surface area contributed by atoms with Crippen molar-refractivity contribution in [3.63, 3.8) is 0 Å². The van der Waals surface area contributed by atoms with Crippen molar-refractivity contribution in [3.05, 3.63) is 35.2 Å². The van der Waals surface area contributed by atoms with E-state index in [1.54, 1.807) is 0 Å². The number of likely N-dealkylation sites (tertiary alicyclic amines) is 1. The van der Waals surface area contributed by atoms with Crippen molar-refractivity contribution in [2.45, 2.75) is 25.4 Å². The zero-order valence-electron chi connectivity index (χ0n) is 11.7. The second kappa shape index (κ2) is 6.56. The maximum absolute atomic E-state index is 9.65. The zero-order chi connectivity index (χ0) is 14.7. The van der Waals surface area contributed by atoms with Crippen LogP contribution in [0.5, 0.6) is 0 Å². The molecule has 1 aromatic carbocycles. The van der Waals surface area contributed by atoms with Crippen LogP contribution in [0.2, 0.25) is 5.02 Å². The Hall–Kier alpha value is -1.43. The molecule has 1 atom stereocenters. The molecule has 0 aliphatic carbocycles. The molecule has 1 aromatic heterocycles. The first-order valence-electron chi connectivity index (χ1n) is 7.19. The van der Waals surface area contributed by atoms with E-state index in [-0.39, 0.29) is 6.10 Å². The van der Waals surface area contributed by atoms with Gasteiger partial charge in [0, 0.05) is 30.1 Å². The maximum atomic E-state index is 9.65. The number of rotatable bonds is 4. The lowest BCUT2D eigenvalue weighted by Gasteiger charge is -2.29. The number of hydrogen-bond acceptors (Lipinski definition) is 5. The van der Waals surface area contributed by atoms with Gasteiger partial charge in [-0.05, 0) is 31.5 Å². The number of aromatic nitrogens is 2. The summed E-state index contributed by atoms with van der Waals surface area (Å²) in [6.45, 7) is 2.58. The Morgan fingerprint density at radius 3 is 3.14 bits per heavy atom. The van der Waals surface area contributed by atoms with Gasteiger partial charge in [0.15, 0.2) is 0 Å². The van der Waals surface area contributed by atoms with E-state index in [9.17, 15) is 5.11 Å². The van der Waals surface area contributed by atoms with Gasteiger partial charge < -0.3 is 14.5 Å². The number of β-amino-alcohol motifs (C(OH)–C–C–N with tert-alkyl or cyclic N) is 1. The largest absolute Gasteiger partial charge is 0.392 e. The lowest BCUT2D eigenvalue weighted by atomic mass is 10.1. The van der Waals surface area contributed by atoms with E-state index >= 15 is 0 Å². The van der Waals surface area contributed by atoms with E-state index in [1.165, 1.54) is 0 Å². The van der Waals surface area contributed by atoms with E-state index in [0.717, 1.165) is 38.0 Å². The number of nitrogens with zero attached hydrogens (tertiary/aromatic N) is 3. The molecule has 1 N–H and O–H groups in total. The Bertz CT molecular complexity index is 602. The third kappa shape index (κ3) is 3.81. The Balaban J connectivity index is 1.60. The normalized spacial score (nSPS) is 19.8. The van der Waals surface area contributed by atoms with Gasteiger partial charge in [-0.15, -0.1) is 0 Å². The monoisotopic (exact) mass is 307 g/mol. The molecule has 2 aromatic rings. The predicted molar refractivity (Wildman–Crippen MR) is 80.1 cm³/mol. The van der Waals surface area contributed by atoms with Crippen LogP contribution in [-0.2, 0) is 6.42 Å². The fourth-order valence-corrected chi connectivity index (χ4v) is 2.78. The molecule has 6 heteroatoms. The maximum Gasteiger partial charge on any atom is 0.228 e. The average molecular weight is 308 g/mol. The smallest absolute Gasteiger partial charge is 0.228 e. The summed E-state index contributed by atoms with van der Waals surface area (Å²) in [5.41, 5.74) is 0.853. The molecule has 3 rings (SSSR count). The Morgan fingerprint density at radius 1 is 1.43 bits per heavy atom. The third-order valence-electron chi connectivity index (χ3n) is 3.67. The summed E-state index contributed by atoms with van der Waals surface area (Å²) in [6, 6.07) is 7.40. The van der Waals surface area contributed by atoms with Gasteiger partial charge in [0.1, 0.15) is 0 Å². The molecular formula is C15H18ClN3O2. The van der Waals surface area contributed by atoms with Crippen LogP contribution in [-0.4, -0.2) is 45.9 Å². The van der Waals surface area contributed by atoms with Gasteiger partial charge in [-0.3, -0.25) is 0 Å². The summed E-state index contributed by atoms with van der Waals surface area (Å²) in [4.78, 5) is 6.63. The second-order valence-corrected chi connectivity index (χ2v) is 5.81. The minimum atomic E-state index is -0.205. The minimum Gasteiger partial charge on any atom is -0.392 e. The van der Waals surface area contributed by atoms with Gasteiger partial charge in [-0.1, -0.05) is 28.9 Å². The SMILES string of the molecule is OC1CCCN(CCc2nc(-c3cccc(Cl)c3)no2)C1. The highest BCUT2D eigenvalue weighted by Crippen LogP contribution is 2.20. The summed E-state index contributed by atoms with van der Waals surface area (Å²) < 4.78 is 5.28. The molecule has 21 heavy (non-hydrogen) atoms. The zero-order valence-corrected chi connectivity index (χ0v) is 12.5. The number of aliphatic hydroxyl groups excluding tert-OH is 1. The van der Waals surface area contributed by atoms with Crippen LogP contribution in [0, 0.1) is 0 Å². The van der Waals surface area contributed by atoms with Gasteiger partial charge >= 0.3 is 0 Å². The molecule has 0 spiro atoms. The number of hydrogen-bond donors (Lipinski definition) is 1. The lowest BCUT2D eigenvalue weighted by molar-refractivity contribution is 0.0702. The van der Waals surface area contributed by atoms with E-state index in [0.29, 0.717) is 23.2 Å². The summed E-state index contributed by atoms with van der Waals surface area (Å²) in [5.74, 6) is 1.18. The highest BCUT2D eigenvalue weighted by molar-refractivity contribution is 6.30. The summed E-state index contributed by atoms with van der Waals surface area (Å²) in [6.07, 6.45) is 2.43. The van der Waals surface area contributed by atoms with Gasteiger partial charge in [0.25, 0.3) is 0 Å². The molecule has 2 heterocycles. The van der Waals surface area contributed by atoms with Crippen LogP contribution in [0.15, 0.2) is 28.8 Å².